The van der Waals surface area contributed by atoms with Crippen LogP contribution in [0.1, 0.15) is 22.8 Å². The van der Waals surface area contributed by atoms with Crippen LogP contribution in [-0.2, 0) is 4.79 Å². The standard InChI is InChI=1S/C30H30BrN5O3S/c1-20-7-9-22(10-8-20)28-32-33-30(36(28)25-11-13-26(39-3)14-12-25)40-19-27(37)34-15-16-35(21(2)18-34)29(38)23-5-4-6-24(31)17-23/h4-14,17,21H,15-16,18-19H2,1-3H3. The lowest BCUT2D eigenvalue weighted by Crippen LogP contribution is -2.55. The molecule has 2 amide bonds. The SMILES string of the molecule is COc1ccc(-n2c(SCC(=O)N3CCN(C(=O)c4cccc(Br)c4)C(C)C3)nnc2-c2ccc(C)cc2)cc1. The van der Waals surface area contributed by atoms with Gasteiger partial charge in [-0.2, -0.15) is 0 Å². The van der Waals surface area contributed by atoms with Gasteiger partial charge in [0.25, 0.3) is 5.91 Å². The van der Waals surface area contributed by atoms with E-state index in [1.165, 1.54) is 11.8 Å². The zero-order valence-electron chi connectivity index (χ0n) is 22.6. The summed E-state index contributed by atoms with van der Waals surface area (Å²) in [4.78, 5) is 30.0. The Kier molecular flexibility index (Phi) is 8.56. The van der Waals surface area contributed by atoms with Crippen LogP contribution in [0, 0.1) is 6.92 Å². The van der Waals surface area contributed by atoms with Crippen LogP contribution in [-0.4, -0.2) is 74.9 Å². The smallest absolute Gasteiger partial charge is 0.254 e. The Labute approximate surface area is 246 Å². The molecule has 1 aromatic heterocycles. The first kappa shape index (κ1) is 27.9. The van der Waals surface area contributed by atoms with Gasteiger partial charge in [-0.3, -0.25) is 14.2 Å². The number of hydrogen-bond acceptors (Lipinski definition) is 6. The summed E-state index contributed by atoms with van der Waals surface area (Å²) in [5.41, 5.74) is 3.61. The van der Waals surface area contributed by atoms with E-state index >= 15 is 0 Å². The molecule has 5 rings (SSSR count). The molecular weight excluding hydrogens is 590 g/mol. The third kappa shape index (κ3) is 6.08. The lowest BCUT2D eigenvalue weighted by atomic mass is 10.1. The molecule has 1 unspecified atom stereocenters. The fraction of sp³-hybridized carbons (Fsp3) is 0.267. The van der Waals surface area contributed by atoms with E-state index in [1.807, 2.05) is 101 Å². The number of aryl methyl sites for hydroxylation is 1. The normalized spacial score (nSPS) is 15.2. The van der Waals surface area contributed by atoms with Gasteiger partial charge in [-0.25, -0.2) is 0 Å². The number of carbonyl (C=O) groups is 2. The average Bonchev–Trinajstić information content (AvgIpc) is 3.39. The van der Waals surface area contributed by atoms with Crippen molar-refractivity contribution in [3.8, 4) is 22.8 Å². The number of benzene rings is 3. The predicted molar refractivity (Wildman–Crippen MR) is 160 cm³/mol. The van der Waals surface area contributed by atoms with E-state index in [0.717, 1.165) is 27.0 Å². The number of amides is 2. The quantitative estimate of drug-likeness (QED) is 0.255. The van der Waals surface area contributed by atoms with E-state index in [9.17, 15) is 9.59 Å². The number of piperazine rings is 1. The van der Waals surface area contributed by atoms with Crippen LogP contribution in [0.3, 0.4) is 0 Å². The van der Waals surface area contributed by atoms with E-state index < -0.39 is 0 Å². The number of hydrogen-bond donors (Lipinski definition) is 0. The fourth-order valence-corrected chi connectivity index (χ4v) is 5.96. The molecule has 8 nitrogen and oxygen atoms in total. The van der Waals surface area contributed by atoms with Crippen molar-refractivity contribution in [2.45, 2.75) is 25.0 Å². The highest BCUT2D eigenvalue weighted by molar-refractivity contribution is 9.10. The Morgan fingerprint density at radius 3 is 2.45 bits per heavy atom. The topological polar surface area (TPSA) is 80.6 Å². The summed E-state index contributed by atoms with van der Waals surface area (Å²) in [5.74, 6) is 1.66. The minimum absolute atomic E-state index is 0.00701. The fourth-order valence-electron chi connectivity index (χ4n) is 4.71. The van der Waals surface area contributed by atoms with Crippen molar-refractivity contribution in [3.05, 3.63) is 88.4 Å². The Bertz CT molecular complexity index is 1510. The number of halogens is 1. The second-order valence-electron chi connectivity index (χ2n) is 9.69. The lowest BCUT2D eigenvalue weighted by molar-refractivity contribution is -0.130. The first-order valence-electron chi connectivity index (χ1n) is 13.0. The molecule has 0 spiro atoms. The number of thioether (sulfide) groups is 1. The molecule has 40 heavy (non-hydrogen) atoms. The molecule has 206 valence electrons. The average molecular weight is 621 g/mol. The summed E-state index contributed by atoms with van der Waals surface area (Å²) in [7, 11) is 1.63. The molecule has 10 heteroatoms. The molecule has 0 N–H and O–H groups in total. The molecule has 1 atom stereocenters. The van der Waals surface area contributed by atoms with Gasteiger partial charge < -0.3 is 14.5 Å². The molecule has 0 saturated carbocycles. The van der Waals surface area contributed by atoms with Crippen molar-refractivity contribution in [1.82, 2.24) is 24.6 Å². The lowest BCUT2D eigenvalue weighted by Gasteiger charge is -2.40. The van der Waals surface area contributed by atoms with Crippen LogP contribution >= 0.6 is 27.7 Å². The summed E-state index contributed by atoms with van der Waals surface area (Å²) in [6.45, 7) is 5.49. The minimum atomic E-state index is -0.0923. The maximum atomic E-state index is 13.3. The van der Waals surface area contributed by atoms with Gasteiger partial charge in [0.15, 0.2) is 11.0 Å². The summed E-state index contributed by atoms with van der Waals surface area (Å²) in [6, 6.07) is 23.1. The highest BCUT2D eigenvalue weighted by Crippen LogP contribution is 2.29. The van der Waals surface area contributed by atoms with Crippen molar-refractivity contribution in [3.63, 3.8) is 0 Å². The molecule has 1 aliphatic heterocycles. The van der Waals surface area contributed by atoms with Gasteiger partial charge in [-0.1, -0.05) is 63.6 Å². The van der Waals surface area contributed by atoms with Gasteiger partial charge in [0.05, 0.1) is 12.9 Å². The Morgan fingerprint density at radius 1 is 1.02 bits per heavy atom. The zero-order chi connectivity index (χ0) is 28.2. The molecule has 4 aromatic rings. The van der Waals surface area contributed by atoms with Crippen LogP contribution < -0.4 is 4.74 Å². The van der Waals surface area contributed by atoms with Crippen LogP contribution in [0.25, 0.3) is 17.1 Å². The van der Waals surface area contributed by atoms with Gasteiger partial charge in [0.2, 0.25) is 5.91 Å². The molecule has 0 radical (unpaired) electrons. The molecule has 3 aromatic carbocycles. The molecule has 0 aliphatic carbocycles. The monoisotopic (exact) mass is 619 g/mol. The third-order valence-electron chi connectivity index (χ3n) is 6.91. The third-order valence-corrected chi connectivity index (χ3v) is 8.32. The second-order valence-corrected chi connectivity index (χ2v) is 11.6. The Hall–Kier alpha value is -3.63. The van der Waals surface area contributed by atoms with Gasteiger partial charge in [0.1, 0.15) is 5.75 Å². The van der Waals surface area contributed by atoms with Gasteiger partial charge in [0, 0.05) is 47.0 Å². The summed E-state index contributed by atoms with van der Waals surface area (Å²) < 4.78 is 8.17. The summed E-state index contributed by atoms with van der Waals surface area (Å²) in [5, 5.41) is 9.58. The van der Waals surface area contributed by atoms with Crippen molar-refractivity contribution in [1.29, 1.82) is 0 Å². The molecule has 2 heterocycles. The highest BCUT2D eigenvalue weighted by atomic mass is 79.9. The first-order valence-corrected chi connectivity index (χ1v) is 14.8. The van der Waals surface area contributed by atoms with Crippen LogP contribution in [0.5, 0.6) is 5.75 Å². The van der Waals surface area contributed by atoms with E-state index in [4.69, 9.17) is 4.74 Å². The predicted octanol–water partition coefficient (Wildman–Crippen LogP) is 5.48. The summed E-state index contributed by atoms with van der Waals surface area (Å²) >= 11 is 4.80. The number of ether oxygens (including phenoxy) is 1. The largest absolute Gasteiger partial charge is 0.497 e. The van der Waals surface area contributed by atoms with Crippen LogP contribution in [0.2, 0.25) is 0 Å². The Balaban J connectivity index is 1.30. The zero-order valence-corrected chi connectivity index (χ0v) is 25.0. The molecule has 1 saturated heterocycles. The maximum absolute atomic E-state index is 13.3. The van der Waals surface area contributed by atoms with Crippen molar-refractivity contribution >= 4 is 39.5 Å². The minimum Gasteiger partial charge on any atom is -0.497 e. The van der Waals surface area contributed by atoms with Crippen molar-refractivity contribution < 1.29 is 14.3 Å². The van der Waals surface area contributed by atoms with E-state index in [1.54, 1.807) is 7.11 Å². The number of carbonyl (C=O) groups excluding carboxylic acids is 2. The number of nitrogens with zero attached hydrogens (tertiary/aromatic N) is 5. The van der Waals surface area contributed by atoms with Gasteiger partial charge >= 0.3 is 0 Å². The Morgan fingerprint density at radius 2 is 1.77 bits per heavy atom. The van der Waals surface area contributed by atoms with Crippen LogP contribution in [0.4, 0.5) is 0 Å². The summed E-state index contributed by atoms with van der Waals surface area (Å²) in [6.07, 6.45) is 0. The van der Waals surface area contributed by atoms with E-state index in [-0.39, 0.29) is 23.6 Å². The molecule has 1 fully saturated rings. The second kappa shape index (κ2) is 12.3. The van der Waals surface area contributed by atoms with E-state index in [2.05, 4.69) is 26.1 Å². The number of methoxy groups -OCH3 is 1. The number of rotatable bonds is 7. The van der Waals surface area contributed by atoms with Crippen molar-refractivity contribution in [2.24, 2.45) is 0 Å². The maximum Gasteiger partial charge on any atom is 0.254 e. The van der Waals surface area contributed by atoms with E-state index in [0.29, 0.717) is 36.2 Å². The molecule has 1 aliphatic rings. The molecule has 0 bridgehead atoms. The van der Waals surface area contributed by atoms with Gasteiger partial charge in [-0.05, 0) is 56.3 Å². The van der Waals surface area contributed by atoms with Crippen LogP contribution in [0.15, 0.2) is 82.4 Å². The first-order chi connectivity index (χ1) is 19.3. The van der Waals surface area contributed by atoms with Crippen molar-refractivity contribution in [2.75, 3.05) is 32.5 Å². The van der Waals surface area contributed by atoms with Gasteiger partial charge in [-0.15, -0.1) is 10.2 Å². The molecular formula is C30H30BrN5O3S. The highest BCUT2D eigenvalue weighted by Gasteiger charge is 2.30. The number of aromatic nitrogens is 3.